The SMILES string of the molecule is CCC(c1nc2ccccc2c(=O)n1-c1ccccc1OC)N(CCc1ccccc1)C(=O)Nc1cccc(C)c1. The number of ether oxygens (including phenoxy) is 1. The van der Waals surface area contributed by atoms with Gasteiger partial charge in [-0.25, -0.2) is 9.78 Å². The highest BCUT2D eigenvalue weighted by molar-refractivity contribution is 5.89. The third-order valence-corrected chi connectivity index (χ3v) is 7.20. The molecule has 208 valence electrons. The van der Waals surface area contributed by atoms with Gasteiger partial charge in [-0.15, -0.1) is 0 Å². The fourth-order valence-corrected chi connectivity index (χ4v) is 5.17. The van der Waals surface area contributed by atoms with Crippen LogP contribution in [0.15, 0.2) is 108 Å². The lowest BCUT2D eigenvalue weighted by Crippen LogP contribution is -2.42. The fraction of sp³-hybridized carbons (Fsp3) is 0.206. The summed E-state index contributed by atoms with van der Waals surface area (Å²) >= 11 is 0. The summed E-state index contributed by atoms with van der Waals surface area (Å²) in [5, 5.41) is 3.58. The molecule has 4 aromatic carbocycles. The van der Waals surface area contributed by atoms with Crippen LogP contribution in [-0.2, 0) is 6.42 Å². The first-order chi connectivity index (χ1) is 20.0. The molecule has 2 amide bonds. The molecule has 0 aliphatic carbocycles. The summed E-state index contributed by atoms with van der Waals surface area (Å²) in [5.74, 6) is 1.02. The van der Waals surface area contributed by atoms with Gasteiger partial charge in [0.15, 0.2) is 0 Å². The van der Waals surface area contributed by atoms with E-state index >= 15 is 0 Å². The maximum atomic E-state index is 14.1. The summed E-state index contributed by atoms with van der Waals surface area (Å²) in [6, 6.07) is 31.7. The fourth-order valence-electron chi connectivity index (χ4n) is 5.17. The zero-order chi connectivity index (χ0) is 28.8. The summed E-state index contributed by atoms with van der Waals surface area (Å²) in [4.78, 5) is 34.9. The number of aromatic nitrogens is 2. The molecule has 1 unspecified atom stereocenters. The number of anilines is 1. The Bertz CT molecular complexity index is 1710. The van der Waals surface area contributed by atoms with E-state index in [0.29, 0.717) is 53.2 Å². The van der Waals surface area contributed by atoms with Crippen molar-refractivity contribution < 1.29 is 9.53 Å². The minimum Gasteiger partial charge on any atom is -0.495 e. The Kier molecular flexibility index (Phi) is 8.44. The lowest BCUT2D eigenvalue weighted by atomic mass is 10.1. The molecule has 1 heterocycles. The van der Waals surface area contributed by atoms with Crippen LogP contribution in [0.4, 0.5) is 10.5 Å². The van der Waals surface area contributed by atoms with E-state index in [4.69, 9.17) is 9.72 Å². The molecule has 0 fully saturated rings. The van der Waals surface area contributed by atoms with Gasteiger partial charge in [0.2, 0.25) is 0 Å². The van der Waals surface area contributed by atoms with Gasteiger partial charge in [0.25, 0.3) is 5.56 Å². The summed E-state index contributed by atoms with van der Waals surface area (Å²) in [5.41, 5.74) is 3.82. The third kappa shape index (κ3) is 5.99. The molecule has 0 aliphatic heterocycles. The maximum Gasteiger partial charge on any atom is 0.322 e. The third-order valence-electron chi connectivity index (χ3n) is 7.20. The Labute approximate surface area is 240 Å². The van der Waals surface area contributed by atoms with Crippen molar-refractivity contribution in [1.82, 2.24) is 14.5 Å². The van der Waals surface area contributed by atoms with Crippen LogP contribution < -0.4 is 15.6 Å². The van der Waals surface area contributed by atoms with Crippen LogP contribution in [0.5, 0.6) is 5.75 Å². The molecule has 5 aromatic rings. The summed E-state index contributed by atoms with van der Waals surface area (Å²) in [6.45, 7) is 4.42. The number of nitrogens with one attached hydrogen (secondary N) is 1. The van der Waals surface area contributed by atoms with E-state index in [1.807, 2.05) is 98.8 Å². The van der Waals surface area contributed by atoms with Crippen LogP contribution in [0.1, 0.15) is 36.3 Å². The quantitative estimate of drug-likeness (QED) is 0.217. The second-order valence-electron chi connectivity index (χ2n) is 9.95. The molecule has 0 bridgehead atoms. The normalized spacial score (nSPS) is 11.7. The number of hydrogen-bond acceptors (Lipinski definition) is 4. The van der Waals surface area contributed by atoms with E-state index in [1.54, 1.807) is 22.6 Å². The van der Waals surface area contributed by atoms with Crippen LogP contribution in [-0.4, -0.2) is 34.1 Å². The molecule has 41 heavy (non-hydrogen) atoms. The number of rotatable bonds is 9. The number of carbonyl (C=O) groups excluding carboxylic acids is 1. The molecule has 0 saturated carbocycles. The molecule has 7 heteroatoms. The molecule has 7 nitrogen and oxygen atoms in total. The summed E-state index contributed by atoms with van der Waals surface area (Å²) in [6.07, 6.45) is 1.18. The molecule has 0 spiro atoms. The Morgan fingerprint density at radius 1 is 0.951 bits per heavy atom. The molecular formula is C34H34N4O3. The highest BCUT2D eigenvalue weighted by atomic mass is 16.5. The highest BCUT2D eigenvalue weighted by Crippen LogP contribution is 2.30. The predicted molar refractivity (Wildman–Crippen MR) is 164 cm³/mol. The van der Waals surface area contributed by atoms with Gasteiger partial charge in [-0.05, 0) is 67.3 Å². The van der Waals surface area contributed by atoms with E-state index in [9.17, 15) is 9.59 Å². The first kappa shape index (κ1) is 27.6. The number of methoxy groups -OCH3 is 1. The number of urea groups is 1. The summed E-state index contributed by atoms with van der Waals surface area (Å²) in [7, 11) is 1.58. The van der Waals surface area contributed by atoms with Gasteiger partial charge >= 0.3 is 6.03 Å². The van der Waals surface area contributed by atoms with Crippen LogP contribution in [0.25, 0.3) is 16.6 Å². The number of para-hydroxylation sites is 3. The van der Waals surface area contributed by atoms with Gasteiger partial charge in [-0.1, -0.05) is 73.7 Å². The van der Waals surface area contributed by atoms with Crippen molar-refractivity contribution in [2.45, 2.75) is 32.7 Å². The monoisotopic (exact) mass is 546 g/mol. The van der Waals surface area contributed by atoms with Crippen molar-refractivity contribution in [2.24, 2.45) is 0 Å². The van der Waals surface area contributed by atoms with Gasteiger partial charge < -0.3 is 15.0 Å². The van der Waals surface area contributed by atoms with Crippen LogP contribution >= 0.6 is 0 Å². The van der Waals surface area contributed by atoms with E-state index in [0.717, 1.165) is 11.1 Å². The van der Waals surface area contributed by atoms with Crippen molar-refractivity contribution in [1.29, 1.82) is 0 Å². The number of fused-ring (bicyclic) bond motifs is 1. The average Bonchev–Trinajstić information content (AvgIpc) is 3.00. The van der Waals surface area contributed by atoms with Gasteiger partial charge in [-0.3, -0.25) is 9.36 Å². The lowest BCUT2D eigenvalue weighted by molar-refractivity contribution is 0.182. The van der Waals surface area contributed by atoms with E-state index in [-0.39, 0.29) is 11.6 Å². The van der Waals surface area contributed by atoms with E-state index in [1.165, 1.54) is 0 Å². The zero-order valence-electron chi connectivity index (χ0n) is 23.6. The number of amides is 2. The second kappa shape index (κ2) is 12.5. The van der Waals surface area contributed by atoms with E-state index in [2.05, 4.69) is 17.4 Å². The number of aryl methyl sites for hydroxylation is 1. The van der Waals surface area contributed by atoms with Crippen molar-refractivity contribution in [2.75, 3.05) is 19.0 Å². The minimum absolute atomic E-state index is 0.212. The number of nitrogens with zero attached hydrogens (tertiary/aromatic N) is 3. The molecule has 5 rings (SSSR count). The molecule has 1 atom stereocenters. The average molecular weight is 547 g/mol. The van der Waals surface area contributed by atoms with Gasteiger partial charge in [-0.2, -0.15) is 0 Å². The zero-order valence-corrected chi connectivity index (χ0v) is 23.6. The summed E-state index contributed by atoms with van der Waals surface area (Å²) < 4.78 is 7.26. The van der Waals surface area contributed by atoms with Crippen molar-refractivity contribution in [3.8, 4) is 11.4 Å². The maximum absolute atomic E-state index is 14.1. The van der Waals surface area contributed by atoms with Gasteiger partial charge in [0, 0.05) is 12.2 Å². The number of hydrogen-bond donors (Lipinski definition) is 1. The molecular weight excluding hydrogens is 512 g/mol. The number of benzene rings is 4. The van der Waals surface area contributed by atoms with Crippen LogP contribution in [0.3, 0.4) is 0 Å². The first-order valence-corrected chi connectivity index (χ1v) is 13.8. The second-order valence-corrected chi connectivity index (χ2v) is 9.95. The Morgan fingerprint density at radius 3 is 2.44 bits per heavy atom. The van der Waals surface area contributed by atoms with Crippen molar-refractivity contribution in [3.63, 3.8) is 0 Å². The standard InChI is InChI=1S/C34H34N4O3/c1-4-29(37(22-21-25-14-6-5-7-15-25)34(40)35-26-16-12-13-24(2)23-26)32-36-28-18-9-8-17-27(28)33(39)38(32)30-19-10-11-20-31(30)41-3/h5-20,23,29H,4,21-22H2,1-3H3,(H,35,40). The molecule has 0 radical (unpaired) electrons. The topological polar surface area (TPSA) is 76.5 Å². The largest absolute Gasteiger partial charge is 0.495 e. The Morgan fingerprint density at radius 2 is 1.68 bits per heavy atom. The van der Waals surface area contributed by atoms with Crippen molar-refractivity contribution in [3.05, 3.63) is 130 Å². The molecule has 0 aliphatic rings. The van der Waals surface area contributed by atoms with Crippen LogP contribution in [0.2, 0.25) is 0 Å². The molecule has 0 saturated heterocycles. The Balaban J connectivity index is 1.66. The highest BCUT2D eigenvalue weighted by Gasteiger charge is 2.30. The Hall–Kier alpha value is -4.91. The van der Waals surface area contributed by atoms with Gasteiger partial charge in [0.1, 0.15) is 11.6 Å². The predicted octanol–water partition coefficient (Wildman–Crippen LogP) is 6.93. The lowest BCUT2D eigenvalue weighted by Gasteiger charge is -2.32. The first-order valence-electron chi connectivity index (χ1n) is 13.8. The smallest absolute Gasteiger partial charge is 0.322 e. The van der Waals surface area contributed by atoms with Crippen LogP contribution in [0, 0.1) is 6.92 Å². The molecule has 1 aromatic heterocycles. The van der Waals surface area contributed by atoms with Gasteiger partial charge in [0.05, 0.1) is 29.7 Å². The number of carbonyl (C=O) groups is 1. The molecule has 1 N–H and O–H groups in total. The van der Waals surface area contributed by atoms with E-state index < -0.39 is 6.04 Å². The van der Waals surface area contributed by atoms with Crippen molar-refractivity contribution >= 4 is 22.6 Å². The minimum atomic E-state index is -0.509.